The molecule has 1 aromatic heterocycles. The van der Waals surface area contributed by atoms with E-state index in [1.807, 2.05) is 43.3 Å². The molecule has 0 atom stereocenters. The van der Waals surface area contributed by atoms with Gasteiger partial charge in [-0.25, -0.2) is 9.07 Å². The van der Waals surface area contributed by atoms with Gasteiger partial charge in [-0.1, -0.05) is 60.1 Å². The summed E-state index contributed by atoms with van der Waals surface area (Å²) in [5.41, 5.74) is 3.79. The van der Waals surface area contributed by atoms with Crippen LogP contribution in [0.15, 0.2) is 77.6 Å². The third kappa shape index (κ3) is 5.04. The van der Waals surface area contributed by atoms with E-state index in [2.05, 4.69) is 5.10 Å². The minimum Gasteiger partial charge on any atom is -0.496 e. The van der Waals surface area contributed by atoms with Crippen molar-refractivity contribution in [2.75, 3.05) is 7.11 Å². The lowest BCUT2D eigenvalue weighted by atomic mass is 9.97. The molecule has 4 aromatic rings. The van der Waals surface area contributed by atoms with E-state index in [0.717, 1.165) is 11.1 Å². The van der Waals surface area contributed by atoms with Crippen molar-refractivity contribution in [1.82, 2.24) is 9.78 Å². The second-order valence-electron chi connectivity index (χ2n) is 7.56. The van der Waals surface area contributed by atoms with Crippen LogP contribution in [0.4, 0.5) is 4.39 Å². The number of methoxy groups -OCH3 is 1. The molecule has 166 valence electrons. The summed E-state index contributed by atoms with van der Waals surface area (Å²) in [6.45, 7) is 2.13. The van der Waals surface area contributed by atoms with Crippen molar-refractivity contribution >= 4 is 23.8 Å². The molecule has 4 nitrogen and oxygen atoms in total. The van der Waals surface area contributed by atoms with Crippen LogP contribution in [0.1, 0.15) is 22.4 Å². The van der Waals surface area contributed by atoms with Gasteiger partial charge in [0.2, 0.25) is 0 Å². The Balaban J connectivity index is 1.90. The van der Waals surface area contributed by atoms with Crippen molar-refractivity contribution in [3.05, 3.63) is 116 Å². The number of aromatic nitrogens is 2. The highest BCUT2D eigenvalue weighted by Crippen LogP contribution is 2.33. The molecule has 1 heterocycles. The second kappa shape index (κ2) is 9.84. The molecule has 0 bridgehead atoms. The van der Waals surface area contributed by atoms with Gasteiger partial charge in [0.15, 0.2) is 0 Å². The van der Waals surface area contributed by atoms with E-state index < -0.39 is 0 Å². The zero-order valence-electron chi connectivity index (χ0n) is 18.3. The number of nitrogens with zero attached hydrogens (tertiary/aromatic N) is 2. The monoisotopic (exact) mass is 460 g/mol. The van der Waals surface area contributed by atoms with Crippen molar-refractivity contribution in [1.29, 1.82) is 0 Å². The van der Waals surface area contributed by atoms with Gasteiger partial charge in [0.1, 0.15) is 11.6 Å². The molecule has 4 rings (SSSR count). The van der Waals surface area contributed by atoms with Crippen LogP contribution in [0.2, 0.25) is 5.02 Å². The Labute approximate surface area is 196 Å². The minimum atomic E-state index is -0.341. The van der Waals surface area contributed by atoms with Crippen LogP contribution in [0, 0.1) is 12.7 Å². The lowest BCUT2D eigenvalue weighted by Crippen LogP contribution is -2.27. The van der Waals surface area contributed by atoms with E-state index in [1.54, 1.807) is 43.5 Å². The first-order chi connectivity index (χ1) is 16.0. The van der Waals surface area contributed by atoms with Gasteiger partial charge in [-0.05, 0) is 54.5 Å². The van der Waals surface area contributed by atoms with Crippen LogP contribution in [-0.2, 0) is 6.54 Å². The fourth-order valence-corrected chi connectivity index (χ4v) is 3.98. The maximum Gasteiger partial charge on any atom is 0.274 e. The van der Waals surface area contributed by atoms with Crippen LogP contribution < -0.4 is 10.3 Å². The first-order valence-electron chi connectivity index (χ1n) is 10.4. The summed E-state index contributed by atoms with van der Waals surface area (Å²) in [4.78, 5) is 13.6. The van der Waals surface area contributed by atoms with E-state index in [4.69, 9.17) is 16.3 Å². The Morgan fingerprint density at radius 2 is 1.82 bits per heavy atom. The molecule has 0 fully saturated rings. The fraction of sp³-hybridized carbons (Fsp3) is 0.111. The molecule has 33 heavy (non-hydrogen) atoms. The number of benzene rings is 3. The van der Waals surface area contributed by atoms with Crippen LogP contribution in [0.3, 0.4) is 0 Å². The maximum atomic E-state index is 13.7. The predicted molar refractivity (Wildman–Crippen MR) is 131 cm³/mol. The second-order valence-corrected chi connectivity index (χ2v) is 7.99. The van der Waals surface area contributed by atoms with Gasteiger partial charge in [-0.3, -0.25) is 4.79 Å². The molecular formula is C27H22ClFN2O2. The van der Waals surface area contributed by atoms with Gasteiger partial charge in [-0.2, -0.15) is 5.10 Å². The molecule has 0 spiro atoms. The summed E-state index contributed by atoms with van der Waals surface area (Å²) in [6.07, 6.45) is 3.43. The molecule has 0 radical (unpaired) electrons. The fourth-order valence-electron chi connectivity index (χ4n) is 3.77. The number of ether oxygens (including phenoxy) is 1. The zero-order chi connectivity index (χ0) is 23.4. The summed E-state index contributed by atoms with van der Waals surface area (Å²) < 4.78 is 20.6. The van der Waals surface area contributed by atoms with Gasteiger partial charge in [-0.15, -0.1) is 0 Å². The van der Waals surface area contributed by atoms with Crippen molar-refractivity contribution in [2.24, 2.45) is 0 Å². The Bertz CT molecular complexity index is 1400. The highest BCUT2D eigenvalue weighted by Gasteiger charge is 2.18. The van der Waals surface area contributed by atoms with Crippen LogP contribution in [-0.4, -0.2) is 16.9 Å². The first kappa shape index (κ1) is 22.5. The molecule has 6 heteroatoms. The van der Waals surface area contributed by atoms with E-state index in [-0.39, 0.29) is 17.9 Å². The van der Waals surface area contributed by atoms with Crippen LogP contribution in [0.5, 0.6) is 5.75 Å². The molecule has 0 amide bonds. The van der Waals surface area contributed by atoms with E-state index in [1.165, 1.54) is 16.8 Å². The minimum absolute atomic E-state index is 0.269. The lowest BCUT2D eigenvalue weighted by molar-refractivity contribution is 0.416. The van der Waals surface area contributed by atoms with Gasteiger partial charge in [0.25, 0.3) is 5.56 Å². The summed E-state index contributed by atoms with van der Waals surface area (Å²) >= 11 is 6.12. The molecule has 0 unspecified atom stereocenters. The Morgan fingerprint density at radius 1 is 1.03 bits per heavy atom. The number of aryl methyl sites for hydroxylation is 1. The van der Waals surface area contributed by atoms with Crippen LogP contribution >= 0.6 is 11.6 Å². The highest BCUT2D eigenvalue weighted by molar-refractivity contribution is 6.30. The van der Waals surface area contributed by atoms with Crippen molar-refractivity contribution in [2.45, 2.75) is 13.5 Å². The average Bonchev–Trinajstić information content (AvgIpc) is 2.80. The number of rotatable bonds is 6. The van der Waals surface area contributed by atoms with E-state index in [9.17, 15) is 9.18 Å². The van der Waals surface area contributed by atoms with E-state index in [0.29, 0.717) is 33.2 Å². The summed E-state index contributed by atoms with van der Waals surface area (Å²) in [5, 5.41) is 5.18. The van der Waals surface area contributed by atoms with Crippen molar-refractivity contribution in [3.8, 4) is 16.9 Å². The SMILES string of the molecule is COc1ccccc1-c1c(C)nn(Cc2cccc(Cl)c2)c(=O)c1/C=C/c1cccc(F)c1. The summed E-state index contributed by atoms with van der Waals surface area (Å²) in [6, 6.07) is 21.0. The Kier molecular flexibility index (Phi) is 6.71. The maximum absolute atomic E-state index is 13.7. The van der Waals surface area contributed by atoms with Crippen molar-refractivity contribution < 1.29 is 9.13 Å². The summed E-state index contributed by atoms with van der Waals surface area (Å²) in [7, 11) is 1.59. The smallest absolute Gasteiger partial charge is 0.274 e. The van der Waals surface area contributed by atoms with Gasteiger partial charge in [0, 0.05) is 16.1 Å². The molecule has 0 aliphatic heterocycles. The van der Waals surface area contributed by atoms with E-state index >= 15 is 0 Å². The number of hydrogen-bond acceptors (Lipinski definition) is 3. The normalized spacial score (nSPS) is 11.2. The Hall–Kier alpha value is -3.70. The van der Waals surface area contributed by atoms with Gasteiger partial charge < -0.3 is 4.74 Å². The van der Waals surface area contributed by atoms with Crippen LogP contribution in [0.25, 0.3) is 23.3 Å². The van der Waals surface area contributed by atoms with Gasteiger partial charge >= 0.3 is 0 Å². The molecule has 0 saturated carbocycles. The lowest BCUT2D eigenvalue weighted by Gasteiger charge is -2.16. The third-order valence-electron chi connectivity index (χ3n) is 5.26. The largest absolute Gasteiger partial charge is 0.496 e. The Morgan fingerprint density at radius 3 is 2.58 bits per heavy atom. The first-order valence-corrected chi connectivity index (χ1v) is 10.8. The topological polar surface area (TPSA) is 44.1 Å². The molecule has 0 aliphatic rings. The molecule has 3 aromatic carbocycles. The number of halogens is 2. The third-order valence-corrected chi connectivity index (χ3v) is 5.49. The predicted octanol–water partition coefficient (Wildman–Crippen LogP) is 6.24. The zero-order valence-corrected chi connectivity index (χ0v) is 19.0. The summed E-state index contributed by atoms with van der Waals surface area (Å²) in [5.74, 6) is 0.293. The average molecular weight is 461 g/mol. The molecule has 0 N–H and O–H groups in total. The van der Waals surface area contributed by atoms with Gasteiger partial charge in [0.05, 0.1) is 24.9 Å². The quantitative estimate of drug-likeness (QED) is 0.342. The standard InChI is InChI=1S/C27H22ClFN2O2/c1-18-26(23-11-3-4-12-25(23)33-2)24(14-13-19-7-6-10-22(29)16-19)27(32)31(30-18)17-20-8-5-9-21(28)15-20/h3-16H,17H2,1-2H3/b14-13+. The van der Waals surface area contributed by atoms with Crippen molar-refractivity contribution in [3.63, 3.8) is 0 Å². The molecule has 0 saturated heterocycles. The number of para-hydroxylation sites is 1. The highest BCUT2D eigenvalue weighted by atomic mass is 35.5. The molecular weight excluding hydrogens is 439 g/mol. The molecule has 0 aliphatic carbocycles. The number of hydrogen-bond donors (Lipinski definition) is 0.